The average Bonchev–Trinajstić information content (AvgIpc) is 2.97. The number of hydrogen-bond acceptors (Lipinski definition) is 6. The summed E-state index contributed by atoms with van der Waals surface area (Å²) in [7, 11) is 0. The van der Waals surface area contributed by atoms with Gasteiger partial charge in [0.25, 0.3) is 0 Å². The van der Waals surface area contributed by atoms with Crippen LogP contribution in [0, 0.1) is 0 Å². The first-order chi connectivity index (χ1) is 11.4. The summed E-state index contributed by atoms with van der Waals surface area (Å²) in [5.74, 6) is -0.147. The summed E-state index contributed by atoms with van der Waals surface area (Å²) in [6, 6.07) is 5.21. The summed E-state index contributed by atoms with van der Waals surface area (Å²) in [5.41, 5.74) is 0.486. The van der Waals surface area contributed by atoms with Crippen LogP contribution in [0.2, 0.25) is 0 Å². The molecule has 0 aliphatic heterocycles. The van der Waals surface area contributed by atoms with Crippen LogP contribution in [0.25, 0.3) is 5.69 Å². The highest BCUT2D eigenvalue weighted by Crippen LogP contribution is 2.31. The molecule has 1 heterocycles. The fourth-order valence-corrected chi connectivity index (χ4v) is 3.52. The molecule has 1 aliphatic rings. The quantitative estimate of drug-likeness (QED) is 0.836. The Hall–Kier alpha value is -2.10. The summed E-state index contributed by atoms with van der Waals surface area (Å²) in [6.45, 7) is 0. The van der Waals surface area contributed by atoms with Crippen molar-refractivity contribution in [3.05, 3.63) is 24.3 Å². The van der Waals surface area contributed by atoms with Crippen LogP contribution in [-0.4, -0.2) is 37.6 Å². The zero-order valence-corrected chi connectivity index (χ0v) is 13.2. The lowest BCUT2D eigenvalue weighted by Gasteiger charge is -2.19. The number of ether oxygens (including phenoxy) is 1. The first-order valence-corrected chi connectivity index (χ1v) is 8.14. The Kier molecular flexibility index (Phi) is 4.74. The van der Waals surface area contributed by atoms with Gasteiger partial charge in [-0.15, -0.1) is 18.3 Å². The fourth-order valence-electron chi connectivity index (χ4n) is 2.41. The van der Waals surface area contributed by atoms with Gasteiger partial charge in [-0.3, -0.25) is 4.79 Å². The van der Waals surface area contributed by atoms with Gasteiger partial charge in [0.15, 0.2) is 0 Å². The molecule has 1 aliphatic carbocycles. The van der Waals surface area contributed by atoms with Crippen LogP contribution in [0.4, 0.5) is 13.2 Å². The van der Waals surface area contributed by atoms with E-state index in [0.29, 0.717) is 17.3 Å². The zero-order chi connectivity index (χ0) is 17.2. The summed E-state index contributed by atoms with van der Waals surface area (Å²) in [6.07, 6.45) is -1.52. The highest BCUT2D eigenvalue weighted by molar-refractivity contribution is 8.00. The molecule has 2 aromatic rings. The van der Waals surface area contributed by atoms with Crippen molar-refractivity contribution in [2.75, 3.05) is 0 Å². The number of thioether (sulfide) groups is 1. The van der Waals surface area contributed by atoms with Crippen molar-refractivity contribution in [1.29, 1.82) is 0 Å². The van der Waals surface area contributed by atoms with Gasteiger partial charge in [0.1, 0.15) is 11.5 Å². The van der Waals surface area contributed by atoms with Crippen LogP contribution in [0.5, 0.6) is 5.75 Å². The molecule has 1 fully saturated rings. The van der Waals surface area contributed by atoms with Crippen molar-refractivity contribution >= 4 is 17.5 Å². The van der Waals surface area contributed by atoms with Crippen LogP contribution < -0.4 is 4.74 Å². The molecule has 1 aromatic carbocycles. The Morgan fingerprint density at radius 2 is 1.96 bits per heavy atom. The first-order valence-electron chi connectivity index (χ1n) is 7.26. The van der Waals surface area contributed by atoms with Crippen molar-refractivity contribution in [2.24, 2.45) is 0 Å². The average molecular weight is 358 g/mol. The van der Waals surface area contributed by atoms with Crippen molar-refractivity contribution in [3.8, 4) is 11.4 Å². The van der Waals surface area contributed by atoms with Crippen molar-refractivity contribution < 1.29 is 22.7 Å². The Labute approximate surface area is 139 Å². The number of nitrogens with zero attached hydrogens (tertiary/aromatic N) is 4. The number of hydrogen-bond donors (Lipinski definition) is 0. The third-order valence-corrected chi connectivity index (χ3v) is 4.75. The van der Waals surface area contributed by atoms with E-state index in [1.807, 2.05) is 0 Å². The van der Waals surface area contributed by atoms with E-state index in [4.69, 9.17) is 0 Å². The summed E-state index contributed by atoms with van der Waals surface area (Å²) in [5, 5.41) is 11.6. The largest absolute Gasteiger partial charge is 0.573 e. The van der Waals surface area contributed by atoms with Gasteiger partial charge in [-0.25, -0.2) is 0 Å². The predicted molar refractivity (Wildman–Crippen MR) is 79.0 cm³/mol. The molecule has 1 aromatic heterocycles. The van der Waals surface area contributed by atoms with E-state index in [0.717, 1.165) is 19.3 Å². The SMILES string of the molecule is O=C1CCCC[C@H]1Sc1nnnn1-c1ccc(OC(F)(F)F)cc1. The molecule has 0 unspecified atom stereocenters. The van der Waals surface area contributed by atoms with Gasteiger partial charge >= 0.3 is 6.36 Å². The Morgan fingerprint density at radius 3 is 2.62 bits per heavy atom. The van der Waals surface area contributed by atoms with Gasteiger partial charge < -0.3 is 4.74 Å². The number of alkyl halides is 3. The van der Waals surface area contributed by atoms with Crippen LogP contribution in [0.3, 0.4) is 0 Å². The maximum absolute atomic E-state index is 12.2. The van der Waals surface area contributed by atoms with E-state index in [-0.39, 0.29) is 16.8 Å². The number of ketones is 1. The number of aromatic nitrogens is 4. The van der Waals surface area contributed by atoms with E-state index in [2.05, 4.69) is 20.3 Å². The molecular formula is C14H13F3N4O2S. The molecule has 3 rings (SSSR count). The Morgan fingerprint density at radius 1 is 1.21 bits per heavy atom. The Bertz CT molecular complexity index is 718. The molecule has 0 spiro atoms. The summed E-state index contributed by atoms with van der Waals surface area (Å²) < 4.78 is 41.8. The molecule has 24 heavy (non-hydrogen) atoms. The summed E-state index contributed by atoms with van der Waals surface area (Å²) >= 11 is 1.28. The van der Waals surface area contributed by atoms with Crippen molar-refractivity contribution in [3.63, 3.8) is 0 Å². The molecule has 10 heteroatoms. The maximum atomic E-state index is 12.2. The number of carbonyl (C=O) groups is 1. The first kappa shape index (κ1) is 16.7. The van der Waals surface area contributed by atoms with Crippen LogP contribution in [-0.2, 0) is 4.79 Å². The van der Waals surface area contributed by atoms with Gasteiger partial charge in [0.05, 0.1) is 10.9 Å². The molecule has 6 nitrogen and oxygen atoms in total. The zero-order valence-electron chi connectivity index (χ0n) is 12.4. The van der Waals surface area contributed by atoms with E-state index >= 15 is 0 Å². The number of rotatable bonds is 4. The van der Waals surface area contributed by atoms with E-state index in [1.54, 1.807) is 0 Å². The molecule has 0 bridgehead atoms. The third kappa shape index (κ3) is 4.05. The second-order valence-electron chi connectivity index (χ2n) is 5.23. The highest BCUT2D eigenvalue weighted by Gasteiger charge is 2.31. The maximum Gasteiger partial charge on any atom is 0.573 e. The highest BCUT2D eigenvalue weighted by atomic mass is 32.2. The standard InChI is InChI=1S/C14H13F3N4O2S/c15-14(16,17)23-10-7-5-9(6-8-10)21-13(18-19-20-21)24-12-4-2-1-3-11(12)22/h5-8,12H,1-4H2/t12-/m1/s1. The lowest BCUT2D eigenvalue weighted by molar-refractivity contribution is -0.274. The minimum absolute atomic E-state index is 0.176. The molecule has 1 saturated carbocycles. The second kappa shape index (κ2) is 6.80. The lowest BCUT2D eigenvalue weighted by Crippen LogP contribution is -2.21. The fraction of sp³-hybridized carbons (Fsp3) is 0.429. The van der Waals surface area contributed by atoms with Crippen LogP contribution in [0.1, 0.15) is 25.7 Å². The molecule has 0 amide bonds. The number of carbonyl (C=O) groups excluding carboxylic acids is 1. The van der Waals surface area contributed by atoms with Gasteiger partial charge in [-0.2, -0.15) is 4.68 Å². The number of tetrazole rings is 1. The monoisotopic (exact) mass is 358 g/mol. The predicted octanol–water partition coefficient (Wildman–Crippen LogP) is 3.16. The Balaban J connectivity index is 1.76. The molecule has 128 valence electrons. The van der Waals surface area contributed by atoms with Crippen molar-refractivity contribution in [2.45, 2.75) is 42.5 Å². The van der Waals surface area contributed by atoms with Gasteiger partial charge in [-0.05, 0) is 47.5 Å². The third-order valence-electron chi connectivity index (χ3n) is 3.50. The molecular weight excluding hydrogens is 345 g/mol. The molecule has 0 saturated heterocycles. The molecule has 0 N–H and O–H groups in total. The van der Waals surface area contributed by atoms with Crippen molar-refractivity contribution in [1.82, 2.24) is 20.2 Å². The van der Waals surface area contributed by atoms with Gasteiger partial charge in [-0.1, -0.05) is 18.2 Å². The topological polar surface area (TPSA) is 69.9 Å². The van der Waals surface area contributed by atoms with Crippen LogP contribution in [0.15, 0.2) is 29.4 Å². The summed E-state index contributed by atoms with van der Waals surface area (Å²) in [4.78, 5) is 11.9. The normalized spacial score (nSPS) is 18.6. The van der Waals surface area contributed by atoms with E-state index in [9.17, 15) is 18.0 Å². The van der Waals surface area contributed by atoms with Crippen LogP contribution >= 0.6 is 11.8 Å². The lowest BCUT2D eigenvalue weighted by atomic mass is 9.99. The number of halogens is 3. The van der Waals surface area contributed by atoms with E-state index in [1.165, 1.54) is 40.7 Å². The minimum atomic E-state index is -4.74. The number of benzene rings is 1. The van der Waals surface area contributed by atoms with Gasteiger partial charge in [0.2, 0.25) is 5.16 Å². The van der Waals surface area contributed by atoms with E-state index < -0.39 is 6.36 Å². The number of Topliss-reactive ketones (excluding diaryl/α,β-unsaturated/α-hetero) is 1. The molecule has 1 atom stereocenters. The van der Waals surface area contributed by atoms with Gasteiger partial charge in [0, 0.05) is 6.42 Å². The second-order valence-corrected chi connectivity index (χ2v) is 6.40. The minimum Gasteiger partial charge on any atom is -0.406 e. The molecule has 0 radical (unpaired) electrons. The smallest absolute Gasteiger partial charge is 0.406 e.